The predicted molar refractivity (Wildman–Crippen MR) is 99.8 cm³/mol. The molecule has 130 valence electrons. The van der Waals surface area contributed by atoms with Gasteiger partial charge < -0.3 is 9.64 Å². The second kappa shape index (κ2) is 8.07. The van der Waals surface area contributed by atoms with Crippen molar-refractivity contribution in [1.82, 2.24) is 4.90 Å². The Hall–Kier alpha value is -2.47. The lowest BCUT2D eigenvalue weighted by Crippen LogP contribution is -2.28. The van der Waals surface area contributed by atoms with E-state index in [2.05, 4.69) is 0 Å². The summed E-state index contributed by atoms with van der Waals surface area (Å²) in [6.45, 7) is 1.02. The van der Waals surface area contributed by atoms with Crippen LogP contribution in [-0.2, 0) is 11.3 Å². The number of hydrogen-bond donors (Lipinski definition) is 0. The molecule has 3 rings (SSSR count). The van der Waals surface area contributed by atoms with Gasteiger partial charge >= 0.3 is 6.09 Å². The second-order valence-corrected chi connectivity index (χ2v) is 6.83. The van der Waals surface area contributed by atoms with Crippen molar-refractivity contribution in [1.29, 1.82) is 0 Å². The van der Waals surface area contributed by atoms with E-state index in [4.69, 9.17) is 4.74 Å². The lowest BCUT2D eigenvalue weighted by molar-refractivity contribution is 0.0802. The number of ether oxygens (including phenoxy) is 1. The van der Waals surface area contributed by atoms with Crippen molar-refractivity contribution in [2.75, 3.05) is 30.1 Å². The van der Waals surface area contributed by atoms with Gasteiger partial charge in [0.15, 0.2) is 0 Å². The number of amides is 2. The van der Waals surface area contributed by atoms with Crippen LogP contribution in [0.4, 0.5) is 10.5 Å². The van der Waals surface area contributed by atoms with Crippen LogP contribution in [0.2, 0.25) is 0 Å². The van der Waals surface area contributed by atoms with Crippen molar-refractivity contribution < 1.29 is 14.3 Å². The Morgan fingerprint density at radius 1 is 1.12 bits per heavy atom. The van der Waals surface area contributed by atoms with E-state index in [0.717, 1.165) is 23.7 Å². The van der Waals surface area contributed by atoms with Gasteiger partial charge in [0, 0.05) is 30.6 Å². The number of benzene rings is 2. The van der Waals surface area contributed by atoms with Gasteiger partial charge in [-0.25, -0.2) is 4.79 Å². The van der Waals surface area contributed by atoms with Gasteiger partial charge in [0.1, 0.15) is 6.61 Å². The van der Waals surface area contributed by atoms with Crippen LogP contribution in [0.3, 0.4) is 0 Å². The van der Waals surface area contributed by atoms with Crippen molar-refractivity contribution in [3.8, 4) is 0 Å². The molecule has 0 aliphatic carbocycles. The van der Waals surface area contributed by atoms with Crippen molar-refractivity contribution in [3.05, 3.63) is 65.7 Å². The number of nitrogens with zero attached hydrogens (tertiary/aromatic N) is 2. The van der Waals surface area contributed by atoms with Crippen LogP contribution in [0.25, 0.3) is 0 Å². The average molecular weight is 356 g/mol. The Labute approximate surface area is 151 Å². The minimum atomic E-state index is -0.432. The van der Waals surface area contributed by atoms with E-state index in [1.807, 2.05) is 35.2 Å². The summed E-state index contributed by atoms with van der Waals surface area (Å²) in [5.41, 5.74) is 2.26. The molecule has 1 aliphatic heterocycles. The molecule has 5 nitrogen and oxygen atoms in total. The second-order valence-electron chi connectivity index (χ2n) is 5.75. The molecule has 1 heterocycles. The topological polar surface area (TPSA) is 49.9 Å². The molecular formula is C19H20N2O3S. The van der Waals surface area contributed by atoms with Gasteiger partial charge in [-0.15, -0.1) is 11.8 Å². The quantitative estimate of drug-likeness (QED) is 0.840. The van der Waals surface area contributed by atoms with Gasteiger partial charge in [-0.05, 0) is 29.8 Å². The van der Waals surface area contributed by atoms with Crippen molar-refractivity contribution in [2.24, 2.45) is 0 Å². The molecule has 0 unspecified atom stereocenters. The Morgan fingerprint density at radius 2 is 1.84 bits per heavy atom. The minimum Gasteiger partial charge on any atom is -0.444 e. The fraction of sp³-hybridized carbons (Fsp3) is 0.263. The first-order valence-electron chi connectivity index (χ1n) is 8.06. The summed E-state index contributed by atoms with van der Waals surface area (Å²) in [7, 11) is 1.65. The normalized spacial score (nSPS) is 13.6. The summed E-state index contributed by atoms with van der Waals surface area (Å²) in [5.74, 6) is 1.76. The molecule has 0 bridgehead atoms. The highest BCUT2D eigenvalue weighted by atomic mass is 32.2. The third-order valence-electron chi connectivity index (χ3n) is 4.02. The van der Waals surface area contributed by atoms with Crippen molar-refractivity contribution in [2.45, 2.75) is 6.61 Å². The maximum atomic E-state index is 12.3. The number of rotatable bonds is 4. The van der Waals surface area contributed by atoms with Crippen LogP contribution >= 0.6 is 11.8 Å². The largest absolute Gasteiger partial charge is 0.444 e. The molecule has 1 saturated heterocycles. The van der Waals surface area contributed by atoms with Crippen LogP contribution in [0, 0.1) is 0 Å². The molecule has 0 spiro atoms. The Bertz CT molecular complexity index is 728. The van der Waals surface area contributed by atoms with Gasteiger partial charge in [0.2, 0.25) is 0 Å². The third-order valence-corrected chi connectivity index (χ3v) is 4.99. The summed E-state index contributed by atoms with van der Waals surface area (Å²) in [4.78, 5) is 27.8. The molecule has 25 heavy (non-hydrogen) atoms. The number of thioether (sulfide) groups is 1. The van der Waals surface area contributed by atoms with E-state index in [9.17, 15) is 9.59 Å². The first kappa shape index (κ1) is 17.4. The van der Waals surface area contributed by atoms with Crippen LogP contribution in [0.5, 0.6) is 0 Å². The Balaban J connectivity index is 1.59. The van der Waals surface area contributed by atoms with Gasteiger partial charge in [-0.2, -0.15) is 0 Å². The molecule has 1 aliphatic rings. The highest BCUT2D eigenvalue weighted by Gasteiger charge is 2.20. The van der Waals surface area contributed by atoms with Crippen LogP contribution in [0.15, 0.2) is 54.6 Å². The van der Waals surface area contributed by atoms with Crippen LogP contribution in [0.1, 0.15) is 15.9 Å². The van der Waals surface area contributed by atoms with E-state index in [1.165, 1.54) is 4.90 Å². The molecule has 0 atom stereocenters. The van der Waals surface area contributed by atoms with E-state index >= 15 is 0 Å². The Morgan fingerprint density at radius 3 is 2.48 bits per heavy atom. The number of carbonyl (C=O) groups is 2. The van der Waals surface area contributed by atoms with Gasteiger partial charge in [0.25, 0.3) is 5.91 Å². The summed E-state index contributed by atoms with van der Waals surface area (Å²) in [5, 5.41) is 0. The van der Waals surface area contributed by atoms with Crippen molar-refractivity contribution in [3.63, 3.8) is 0 Å². The SMILES string of the molecule is CN(C(=O)OCc1ccccc1)c1ccc(C(=O)N2CCSC2)cc1. The zero-order valence-corrected chi connectivity index (χ0v) is 14.9. The first-order valence-corrected chi connectivity index (χ1v) is 9.22. The highest BCUT2D eigenvalue weighted by molar-refractivity contribution is 7.99. The molecule has 1 fully saturated rings. The lowest BCUT2D eigenvalue weighted by atomic mass is 10.2. The standard InChI is InChI=1S/C19H20N2O3S/c1-20(19(23)24-13-15-5-3-2-4-6-15)17-9-7-16(8-10-17)18(22)21-11-12-25-14-21/h2-10H,11-14H2,1H3. The minimum absolute atomic E-state index is 0.0332. The van der Waals surface area contributed by atoms with E-state index in [1.54, 1.807) is 43.1 Å². The molecule has 6 heteroatoms. The molecule has 0 radical (unpaired) electrons. The molecule has 2 aromatic carbocycles. The monoisotopic (exact) mass is 356 g/mol. The fourth-order valence-electron chi connectivity index (χ4n) is 2.51. The zero-order chi connectivity index (χ0) is 17.6. The molecule has 0 N–H and O–H groups in total. The summed E-state index contributed by atoms with van der Waals surface area (Å²) < 4.78 is 5.31. The number of carbonyl (C=O) groups excluding carboxylic acids is 2. The Kier molecular flexibility index (Phi) is 5.60. The van der Waals surface area contributed by atoms with Crippen LogP contribution in [-0.4, -0.2) is 42.1 Å². The number of anilines is 1. The van der Waals surface area contributed by atoms with Crippen LogP contribution < -0.4 is 4.90 Å². The van der Waals surface area contributed by atoms with Gasteiger partial charge in [0.05, 0.1) is 5.88 Å². The van der Waals surface area contributed by atoms with E-state index < -0.39 is 6.09 Å². The van der Waals surface area contributed by atoms with E-state index in [-0.39, 0.29) is 12.5 Å². The molecule has 2 aromatic rings. The molecule has 0 saturated carbocycles. The van der Waals surface area contributed by atoms with E-state index in [0.29, 0.717) is 11.3 Å². The molecular weight excluding hydrogens is 336 g/mol. The van der Waals surface area contributed by atoms with Gasteiger partial charge in [-0.1, -0.05) is 30.3 Å². The summed E-state index contributed by atoms with van der Waals surface area (Å²) in [6.07, 6.45) is -0.432. The maximum Gasteiger partial charge on any atom is 0.414 e. The maximum absolute atomic E-state index is 12.3. The van der Waals surface area contributed by atoms with Gasteiger partial charge in [-0.3, -0.25) is 9.69 Å². The lowest BCUT2D eigenvalue weighted by Gasteiger charge is -2.18. The fourth-order valence-corrected chi connectivity index (χ4v) is 3.45. The zero-order valence-electron chi connectivity index (χ0n) is 14.1. The van der Waals surface area contributed by atoms with Crippen molar-refractivity contribution >= 4 is 29.4 Å². The highest BCUT2D eigenvalue weighted by Crippen LogP contribution is 2.20. The smallest absolute Gasteiger partial charge is 0.414 e. The average Bonchev–Trinajstić information content (AvgIpc) is 3.20. The predicted octanol–water partition coefficient (Wildman–Crippen LogP) is 3.61. The third kappa shape index (κ3) is 4.33. The number of hydrogen-bond acceptors (Lipinski definition) is 4. The summed E-state index contributed by atoms with van der Waals surface area (Å²) in [6, 6.07) is 16.6. The molecule has 2 amide bonds. The first-order chi connectivity index (χ1) is 12.1. The summed E-state index contributed by atoms with van der Waals surface area (Å²) >= 11 is 1.76. The molecule has 0 aromatic heterocycles.